The number of carbonyl (C=O) groups excluding carboxylic acids is 1. The Morgan fingerprint density at radius 3 is 2.42 bits per heavy atom. The van der Waals surface area contributed by atoms with Crippen molar-refractivity contribution in [3.8, 4) is 27.4 Å². The van der Waals surface area contributed by atoms with E-state index in [1.807, 2.05) is 57.0 Å². The standard InChI is InChI=1S/C23H27N3O2S.C2H4O2/c1-23(2,3)25(4)22(27)18-13-16(20-7-6-10-29-20)21-15-12-17(24)19(28-5)11-14(15)8-9-26(18)21;1-2(3)4/h6-7,10-13H,8-9,24H2,1-5H3;1H3,(H,3,4). The van der Waals surface area contributed by atoms with Gasteiger partial charge in [-0.3, -0.25) is 9.59 Å². The predicted octanol–water partition coefficient (Wildman–Crippen LogP) is 4.99. The lowest BCUT2D eigenvalue weighted by atomic mass is 9.95. The van der Waals surface area contributed by atoms with Crippen LogP contribution in [0.2, 0.25) is 0 Å². The van der Waals surface area contributed by atoms with Crippen LogP contribution in [0.1, 0.15) is 43.7 Å². The normalized spacial score (nSPS) is 12.2. The van der Waals surface area contributed by atoms with E-state index < -0.39 is 5.97 Å². The number of methoxy groups -OCH3 is 1. The third-order valence-electron chi connectivity index (χ3n) is 5.73. The Morgan fingerprint density at radius 1 is 1.21 bits per heavy atom. The Morgan fingerprint density at radius 2 is 1.88 bits per heavy atom. The van der Waals surface area contributed by atoms with Gasteiger partial charge in [-0.2, -0.15) is 0 Å². The van der Waals surface area contributed by atoms with Crippen molar-refractivity contribution in [2.45, 2.75) is 46.2 Å². The number of fused-ring (bicyclic) bond motifs is 3. The molecule has 176 valence electrons. The lowest BCUT2D eigenvalue weighted by molar-refractivity contribution is -0.134. The van der Waals surface area contributed by atoms with Crippen LogP contribution in [0, 0.1) is 0 Å². The first-order valence-corrected chi connectivity index (χ1v) is 11.6. The van der Waals surface area contributed by atoms with E-state index in [4.69, 9.17) is 20.4 Å². The van der Waals surface area contributed by atoms with Crippen LogP contribution < -0.4 is 10.5 Å². The number of nitrogens with two attached hydrogens (primary N) is 1. The minimum absolute atomic E-state index is 0.0338. The van der Waals surface area contributed by atoms with Gasteiger partial charge in [-0.25, -0.2) is 0 Å². The number of aryl methyl sites for hydroxylation is 1. The van der Waals surface area contributed by atoms with Crippen molar-refractivity contribution >= 4 is 28.9 Å². The molecule has 1 aliphatic heterocycles. The summed E-state index contributed by atoms with van der Waals surface area (Å²) in [4.78, 5) is 25.3. The SMILES string of the molecule is CC(=O)O.COc1cc2c(cc1N)-c1c(-c3cccs3)cc(C(=O)N(C)C(C)(C)C)n1CC2. The number of carboxylic acids is 1. The Labute approximate surface area is 198 Å². The lowest BCUT2D eigenvalue weighted by Crippen LogP contribution is -2.43. The zero-order chi connectivity index (χ0) is 24.5. The zero-order valence-corrected chi connectivity index (χ0v) is 20.7. The molecule has 0 spiro atoms. The first-order valence-electron chi connectivity index (χ1n) is 10.7. The number of carboxylic acid groups (broad SMARTS) is 1. The molecule has 1 aliphatic rings. The molecule has 0 bridgehead atoms. The van der Waals surface area contributed by atoms with Gasteiger partial charge in [0.25, 0.3) is 11.9 Å². The second-order valence-electron chi connectivity index (χ2n) is 8.98. The molecule has 1 aromatic carbocycles. The molecule has 3 N–H and O–H groups in total. The van der Waals surface area contributed by atoms with Gasteiger partial charge in [-0.1, -0.05) is 6.07 Å². The summed E-state index contributed by atoms with van der Waals surface area (Å²) < 4.78 is 7.58. The molecule has 0 saturated heterocycles. The number of nitrogens with zero attached hydrogens (tertiary/aromatic N) is 2. The van der Waals surface area contributed by atoms with E-state index in [0.29, 0.717) is 11.4 Å². The molecule has 7 nitrogen and oxygen atoms in total. The van der Waals surface area contributed by atoms with Crippen LogP contribution in [0.25, 0.3) is 21.7 Å². The summed E-state index contributed by atoms with van der Waals surface area (Å²) in [5.41, 5.74) is 11.7. The predicted molar refractivity (Wildman–Crippen MR) is 133 cm³/mol. The van der Waals surface area contributed by atoms with Gasteiger partial charge in [0, 0.05) is 42.1 Å². The summed E-state index contributed by atoms with van der Waals surface area (Å²) in [6.45, 7) is 7.98. The Kier molecular flexibility index (Phi) is 6.88. The maximum atomic E-state index is 13.4. The first kappa shape index (κ1) is 24.4. The Bertz CT molecular complexity index is 1170. The van der Waals surface area contributed by atoms with E-state index in [1.54, 1.807) is 18.4 Å². The third kappa shape index (κ3) is 4.90. The summed E-state index contributed by atoms with van der Waals surface area (Å²) >= 11 is 1.68. The van der Waals surface area contributed by atoms with Gasteiger partial charge in [-0.15, -0.1) is 11.3 Å². The van der Waals surface area contributed by atoms with E-state index >= 15 is 0 Å². The number of ether oxygens (including phenoxy) is 1. The lowest BCUT2D eigenvalue weighted by Gasteiger charge is -2.32. The fourth-order valence-electron chi connectivity index (χ4n) is 3.82. The number of nitrogen functional groups attached to an aromatic ring is 1. The Hall–Kier alpha value is -3.26. The molecular formula is C25H31N3O4S. The summed E-state index contributed by atoms with van der Waals surface area (Å²) in [6, 6.07) is 10.2. The number of carbonyl (C=O) groups is 2. The number of aliphatic carboxylic acids is 1. The van der Waals surface area contributed by atoms with Crippen molar-refractivity contribution in [1.29, 1.82) is 0 Å². The smallest absolute Gasteiger partial charge is 0.300 e. The van der Waals surface area contributed by atoms with E-state index in [2.05, 4.69) is 16.0 Å². The number of amides is 1. The van der Waals surface area contributed by atoms with Gasteiger partial charge >= 0.3 is 0 Å². The number of hydrogen-bond donors (Lipinski definition) is 2. The van der Waals surface area contributed by atoms with Crippen molar-refractivity contribution in [3.05, 3.63) is 47.0 Å². The van der Waals surface area contributed by atoms with Crippen molar-refractivity contribution in [3.63, 3.8) is 0 Å². The van der Waals surface area contributed by atoms with Crippen LogP contribution in [0.4, 0.5) is 5.69 Å². The highest BCUT2D eigenvalue weighted by atomic mass is 32.1. The van der Waals surface area contributed by atoms with Crippen molar-refractivity contribution in [2.75, 3.05) is 19.9 Å². The minimum Gasteiger partial charge on any atom is -0.495 e. The molecule has 0 atom stereocenters. The highest BCUT2D eigenvalue weighted by Gasteiger charge is 2.31. The quantitative estimate of drug-likeness (QED) is 0.527. The number of hydrogen-bond acceptors (Lipinski definition) is 5. The van der Waals surface area contributed by atoms with Crippen LogP contribution in [-0.2, 0) is 17.8 Å². The third-order valence-corrected chi connectivity index (χ3v) is 6.63. The molecule has 8 heteroatoms. The zero-order valence-electron chi connectivity index (χ0n) is 19.9. The highest BCUT2D eigenvalue weighted by molar-refractivity contribution is 7.13. The van der Waals surface area contributed by atoms with E-state index in [1.165, 1.54) is 5.56 Å². The minimum atomic E-state index is -0.833. The fraction of sp³-hybridized carbons (Fsp3) is 0.360. The molecule has 3 heterocycles. The summed E-state index contributed by atoms with van der Waals surface area (Å²) in [7, 11) is 3.51. The van der Waals surface area contributed by atoms with Gasteiger partial charge in [0.1, 0.15) is 11.4 Å². The molecular weight excluding hydrogens is 438 g/mol. The number of benzene rings is 1. The fourth-order valence-corrected chi connectivity index (χ4v) is 4.56. The van der Waals surface area contributed by atoms with Gasteiger partial charge in [0.15, 0.2) is 0 Å². The van der Waals surface area contributed by atoms with Crippen LogP contribution >= 0.6 is 11.3 Å². The number of rotatable bonds is 3. The molecule has 4 rings (SSSR count). The maximum Gasteiger partial charge on any atom is 0.300 e. The van der Waals surface area contributed by atoms with Gasteiger partial charge in [0.2, 0.25) is 0 Å². The topological polar surface area (TPSA) is 97.8 Å². The van der Waals surface area contributed by atoms with Crippen molar-refractivity contribution < 1.29 is 19.4 Å². The number of aromatic nitrogens is 1. The molecule has 0 unspecified atom stereocenters. The average molecular weight is 470 g/mol. The molecule has 1 amide bonds. The monoisotopic (exact) mass is 469 g/mol. The van der Waals surface area contributed by atoms with Gasteiger partial charge in [-0.05, 0) is 62.4 Å². The van der Waals surface area contributed by atoms with Crippen LogP contribution in [-0.4, -0.2) is 46.1 Å². The molecule has 0 saturated carbocycles. The van der Waals surface area contributed by atoms with Gasteiger partial charge < -0.3 is 25.0 Å². The van der Waals surface area contributed by atoms with Crippen LogP contribution in [0.5, 0.6) is 5.75 Å². The number of thiophene rings is 1. The van der Waals surface area contributed by atoms with Crippen molar-refractivity contribution in [1.82, 2.24) is 9.47 Å². The maximum absolute atomic E-state index is 13.4. The largest absolute Gasteiger partial charge is 0.495 e. The molecule has 0 radical (unpaired) electrons. The van der Waals surface area contributed by atoms with E-state index in [9.17, 15) is 4.79 Å². The van der Waals surface area contributed by atoms with Crippen LogP contribution in [0.15, 0.2) is 35.7 Å². The molecule has 2 aromatic heterocycles. The summed E-state index contributed by atoms with van der Waals surface area (Å²) in [6.07, 6.45) is 0.830. The van der Waals surface area contributed by atoms with E-state index in [-0.39, 0.29) is 11.4 Å². The highest BCUT2D eigenvalue weighted by Crippen LogP contribution is 2.44. The summed E-state index contributed by atoms with van der Waals surface area (Å²) in [5, 5.41) is 9.48. The van der Waals surface area contributed by atoms with Crippen molar-refractivity contribution in [2.24, 2.45) is 0 Å². The molecule has 3 aromatic rings. The first-order chi connectivity index (χ1) is 15.5. The Balaban J connectivity index is 0.000000709. The second kappa shape index (κ2) is 9.31. The molecule has 33 heavy (non-hydrogen) atoms. The molecule has 0 aliphatic carbocycles. The average Bonchev–Trinajstić information content (AvgIpc) is 3.39. The number of anilines is 1. The van der Waals surface area contributed by atoms with E-state index in [0.717, 1.165) is 47.3 Å². The second-order valence-corrected chi connectivity index (χ2v) is 9.92. The van der Waals surface area contributed by atoms with Crippen LogP contribution in [0.3, 0.4) is 0 Å². The molecule has 0 fully saturated rings. The van der Waals surface area contributed by atoms with Gasteiger partial charge in [0.05, 0.1) is 18.5 Å². The summed E-state index contributed by atoms with van der Waals surface area (Å²) in [5.74, 6) is -0.100.